The van der Waals surface area contributed by atoms with E-state index in [1.165, 1.54) is 11.8 Å². The molecule has 0 fully saturated rings. The van der Waals surface area contributed by atoms with Gasteiger partial charge in [-0.1, -0.05) is 30.0 Å². The molecular formula is C18H17ClN4O3S2. The summed E-state index contributed by atoms with van der Waals surface area (Å²) >= 11 is 8.18. The molecule has 2 heterocycles. The summed E-state index contributed by atoms with van der Waals surface area (Å²) in [4.78, 5) is 34.3. The van der Waals surface area contributed by atoms with Crippen LogP contribution in [0.5, 0.6) is 0 Å². The number of hydrogen-bond acceptors (Lipinski definition) is 8. The van der Waals surface area contributed by atoms with E-state index in [0.29, 0.717) is 26.9 Å². The van der Waals surface area contributed by atoms with Crippen molar-refractivity contribution in [1.29, 1.82) is 0 Å². The number of amides is 1. The third kappa shape index (κ3) is 4.37. The Bertz CT molecular complexity index is 1010. The van der Waals surface area contributed by atoms with Gasteiger partial charge in [-0.3, -0.25) is 4.79 Å². The first-order chi connectivity index (χ1) is 13.6. The number of aromatic nitrogens is 2. The second kappa shape index (κ2) is 9.22. The van der Waals surface area contributed by atoms with Crippen LogP contribution < -0.4 is 10.6 Å². The lowest BCUT2D eigenvalue weighted by molar-refractivity contribution is -0.113. The van der Waals surface area contributed by atoms with Crippen LogP contribution in [0.2, 0.25) is 0 Å². The van der Waals surface area contributed by atoms with Gasteiger partial charge in [0.05, 0.1) is 17.7 Å². The number of fused-ring (bicyclic) bond motifs is 1. The van der Waals surface area contributed by atoms with Crippen LogP contribution >= 0.6 is 34.7 Å². The Balaban J connectivity index is 2.21. The van der Waals surface area contributed by atoms with E-state index >= 15 is 0 Å². The molecular weight excluding hydrogens is 420 g/mol. The zero-order valence-electron chi connectivity index (χ0n) is 15.1. The molecule has 0 spiro atoms. The lowest BCUT2D eigenvalue weighted by Crippen LogP contribution is -2.15. The maximum Gasteiger partial charge on any atom is 0.350 e. The molecule has 1 amide bonds. The number of thioether (sulfide) groups is 1. The summed E-state index contributed by atoms with van der Waals surface area (Å²) in [6.45, 7) is 1.93. The predicted octanol–water partition coefficient (Wildman–Crippen LogP) is 4.51. The quantitative estimate of drug-likeness (QED) is 0.243. The highest BCUT2D eigenvalue weighted by Gasteiger charge is 2.25. The van der Waals surface area contributed by atoms with Gasteiger partial charge in [-0.15, -0.1) is 22.9 Å². The molecule has 0 radical (unpaired) electrons. The second-order valence-electron chi connectivity index (χ2n) is 5.44. The lowest BCUT2D eigenvalue weighted by atomic mass is 10.2. The second-order valence-corrected chi connectivity index (χ2v) is 7.48. The molecule has 0 aliphatic heterocycles. The summed E-state index contributed by atoms with van der Waals surface area (Å²) in [6, 6.07) is 9.47. The van der Waals surface area contributed by atoms with Crippen LogP contribution in [0.4, 0.5) is 17.2 Å². The van der Waals surface area contributed by atoms with Crippen molar-refractivity contribution in [3.05, 3.63) is 35.2 Å². The Morgan fingerprint density at radius 2 is 2.00 bits per heavy atom. The van der Waals surface area contributed by atoms with Gasteiger partial charge in [0.2, 0.25) is 5.91 Å². The SMILES string of the molecule is CCOC(=O)c1sc2nc(SC)nc(Nc3ccccc3)c2c1NC(=O)CCl. The van der Waals surface area contributed by atoms with Crippen molar-refractivity contribution in [2.45, 2.75) is 12.1 Å². The number of nitrogens with zero attached hydrogens (tertiary/aromatic N) is 2. The summed E-state index contributed by atoms with van der Waals surface area (Å²) in [5.74, 6) is -0.736. The fraction of sp³-hybridized carbons (Fsp3) is 0.222. The average Bonchev–Trinajstić information content (AvgIpc) is 3.07. The molecule has 1 aromatic carbocycles. The number of rotatable bonds is 7. The first kappa shape index (κ1) is 20.4. The molecule has 0 aliphatic carbocycles. The number of para-hydroxylation sites is 1. The molecule has 10 heteroatoms. The third-order valence-electron chi connectivity index (χ3n) is 3.60. The van der Waals surface area contributed by atoms with E-state index in [9.17, 15) is 9.59 Å². The molecule has 2 aromatic heterocycles. The Labute approximate surface area is 174 Å². The summed E-state index contributed by atoms with van der Waals surface area (Å²) in [5, 5.41) is 7.02. The smallest absolute Gasteiger partial charge is 0.350 e. The summed E-state index contributed by atoms with van der Waals surface area (Å²) < 4.78 is 5.14. The highest BCUT2D eigenvalue weighted by Crippen LogP contribution is 2.40. The molecule has 0 bridgehead atoms. The molecule has 7 nitrogen and oxygen atoms in total. The normalized spacial score (nSPS) is 10.7. The van der Waals surface area contributed by atoms with Gasteiger partial charge in [-0.05, 0) is 25.3 Å². The van der Waals surface area contributed by atoms with E-state index in [4.69, 9.17) is 16.3 Å². The van der Waals surface area contributed by atoms with Gasteiger partial charge in [0.15, 0.2) is 5.16 Å². The number of alkyl halides is 1. The van der Waals surface area contributed by atoms with Crippen LogP contribution in [-0.2, 0) is 9.53 Å². The summed E-state index contributed by atoms with van der Waals surface area (Å²) in [6.07, 6.45) is 1.86. The average molecular weight is 437 g/mol. The lowest BCUT2D eigenvalue weighted by Gasteiger charge is -2.11. The van der Waals surface area contributed by atoms with Crippen LogP contribution in [0.15, 0.2) is 35.5 Å². The van der Waals surface area contributed by atoms with Crippen molar-refractivity contribution < 1.29 is 14.3 Å². The number of nitrogens with one attached hydrogen (secondary N) is 2. The van der Waals surface area contributed by atoms with Gasteiger partial charge in [0.1, 0.15) is 21.4 Å². The molecule has 3 aromatic rings. The Hall–Kier alpha value is -2.36. The Kier molecular flexibility index (Phi) is 6.71. The van der Waals surface area contributed by atoms with E-state index in [-0.39, 0.29) is 17.4 Å². The molecule has 0 atom stereocenters. The van der Waals surface area contributed by atoms with Crippen LogP contribution in [0.25, 0.3) is 10.2 Å². The van der Waals surface area contributed by atoms with Gasteiger partial charge in [0.25, 0.3) is 0 Å². The molecule has 2 N–H and O–H groups in total. The standard InChI is InChI=1S/C18H17ClN4O3S2/c1-3-26-17(25)14-13(21-11(24)9-19)12-15(20-10-7-5-4-6-8-10)22-18(27-2)23-16(12)28-14/h4-8H,3,9H2,1-2H3,(H,21,24)(H,20,22,23). The highest BCUT2D eigenvalue weighted by atomic mass is 35.5. The zero-order chi connectivity index (χ0) is 20.1. The highest BCUT2D eigenvalue weighted by molar-refractivity contribution is 7.98. The van der Waals surface area contributed by atoms with Crippen LogP contribution in [0.3, 0.4) is 0 Å². The van der Waals surface area contributed by atoms with Gasteiger partial charge in [-0.2, -0.15) is 0 Å². The number of hydrogen-bond donors (Lipinski definition) is 2. The molecule has 0 saturated heterocycles. The number of anilines is 3. The minimum atomic E-state index is -0.535. The van der Waals surface area contributed by atoms with E-state index in [0.717, 1.165) is 17.0 Å². The number of ether oxygens (including phenoxy) is 1. The zero-order valence-corrected chi connectivity index (χ0v) is 17.5. The van der Waals surface area contributed by atoms with Crippen LogP contribution in [-0.4, -0.2) is 40.6 Å². The fourth-order valence-electron chi connectivity index (χ4n) is 2.45. The monoisotopic (exact) mass is 436 g/mol. The van der Waals surface area contributed by atoms with Crippen molar-refractivity contribution in [3.63, 3.8) is 0 Å². The summed E-state index contributed by atoms with van der Waals surface area (Å²) in [5.41, 5.74) is 1.11. The van der Waals surface area contributed by atoms with Crippen LogP contribution in [0, 0.1) is 0 Å². The molecule has 146 valence electrons. The minimum Gasteiger partial charge on any atom is -0.462 e. The number of esters is 1. The Morgan fingerprint density at radius 3 is 2.64 bits per heavy atom. The van der Waals surface area contributed by atoms with Crippen molar-refractivity contribution in [2.24, 2.45) is 0 Å². The van der Waals surface area contributed by atoms with Crippen molar-refractivity contribution in [3.8, 4) is 0 Å². The maximum absolute atomic E-state index is 12.5. The van der Waals surface area contributed by atoms with Gasteiger partial charge in [-0.25, -0.2) is 14.8 Å². The number of carbonyl (C=O) groups is 2. The van der Waals surface area contributed by atoms with Crippen LogP contribution in [0.1, 0.15) is 16.6 Å². The first-order valence-corrected chi connectivity index (χ1v) is 10.9. The molecule has 0 unspecified atom stereocenters. The van der Waals surface area contributed by atoms with Gasteiger partial charge < -0.3 is 15.4 Å². The molecule has 3 rings (SSSR count). The van der Waals surface area contributed by atoms with Gasteiger partial charge in [0, 0.05) is 5.69 Å². The fourth-order valence-corrected chi connectivity index (χ4v) is 3.97. The van der Waals surface area contributed by atoms with Crippen molar-refractivity contribution in [2.75, 3.05) is 29.4 Å². The number of carbonyl (C=O) groups excluding carboxylic acids is 2. The molecule has 28 heavy (non-hydrogen) atoms. The number of thiophene rings is 1. The van der Waals surface area contributed by atoms with E-state index in [2.05, 4.69) is 20.6 Å². The molecule has 0 aliphatic rings. The first-order valence-electron chi connectivity index (χ1n) is 8.30. The minimum absolute atomic E-state index is 0.215. The predicted molar refractivity (Wildman–Crippen MR) is 114 cm³/mol. The van der Waals surface area contributed by atoms with E-state index in [1.807, 2.05) is 36.6 Å². The maximum atomic E-state index is 12.5. The van der Waals surface area contributed by atoms with Crippen molar-refractivity contribution in [1.82, 2.24) is 9.97 Å². The third-order valence-corrected chi connectivity index (χ3v) is 5.45. The van der Waals surface area contributed by atoms with E-state index < -0.39 is 11.9 Å². The summed E-state index contributed by atoms with van der Waals surface area (Å²) in [7, 11) is 0. The van der Waals surface area contributed by atoms with Gasteiger partial charge >= 0.3 is 5.97 Å². The largest absolute Gasteiger partial charge is 0.462 e. The van der Waals surface area contributed by atoms with Crippen molar-refractivity contribution >= 4 is 74.0 Å². The molecule has 0 saturated carbocycles. The number of halogens is 1. The Morgan fingerprint density at radius 1 is 1.25 bits per heavy atom. The number of benzene rings is 1. The topological polar surface area (TPSA) is 93.2 Å². The van der Waals surface area contributed by atoms with E-state index in [1.54, 1.807) is 6.92 Å².